The molecule has 1 aliphatic heterocycles. The molecule has 19 heavy (non-hydrogen) atoms. The van der Waals surface area contributed by atoms with E-state index in [9.17, 15) is 0 Å². The first-order valence-electron chi connectivity index (χ1n) is 6.54. The molecule has 0 spiro atoms. The normalized spacial score (nSPS) is 31.3. The summed E-state index contributed by atoms with van der Waals surface area (Å²) in [5.74, 6) is 0. The van der Waals surface area contributed by atoms with Crippen LogP contribution in [0, 0.1) is 0 Å². The summed E-state index contributed by atoms with van der Waals surface area (Å²) < 4.78 is 18.1. The highest BCUT2D eigenvalue weighted by molar-refractivity contribution is 14.1. The fraction of sp³-hybridized carbons (Fsp3) is 0.600. The molecular formula is C15H21IO3. The summed E-state index contributed by atoms with van der Waals surface area (Å²) in [6.45, 7) is 0. The third-order valence-corrected chi connectivity index (χ3v) is 4.70. The standard InChI is InChI=1S/C15H21IO3/c1-17-14-10-15(18-2,9-13(11-16)19-14)8-12-6-4-3-5-7-12/h3-7,13-14H,8-11H2,1-2H3/t13-,14-,15+/m0/s1. The summed E-state index contributed by atoms with van der Waals surface area (Å²) in [5, 5.41) is 0. The van der Waals surface area contributed by atoms with Crippen molar-refractivity contribution in [1.82, 2.24) is 0 Å². The van der Waals surface area contributed by atoms with Crippen molar-refractivity contribution in [3.05, 3.63) is 35.9 Å². The minimum absolute atomic E-state index is 0.169. The lowest BCUT2D eigenvalue weighted by molar-refractivity contribution is -0.229. The summed E-state index contributed by atoms with van der Waals surface area (Å²) in [7, 11) is 3.49. The molecule has 1 fully saturated rings. The molecule has 0 amide bonds. The molecule has 1 aliphatic rings. The zero-order valence-corrected chi connectivity index (χ0v) is 13.6. The largest absolute Gasteiger partial charge is 0.378 e. The summed E-state index contributed by atoms with van der Waals surface area (Å²) in [4.78, 5) is 0. The number of alkyl halides is 1. The van der Waals surface area contributed by atoms with Gasteiger partial charge in [-0.15, -0.1) is 0 Å². The second-order valence-electron chi connectivity index (χ2n) is 5.04. The molecule has 1 aromatic rings. The Morgan fingerprint density at radius 3 is 2.58 bits per heavy atom. The molecule has 1 heterocycles. The molecule has 0 unspecified atom stereocenters. The Kier molecular flexibility index (Phi) is 5.62. The molecule has 4 heteroatoms. The third kappa shape index (κ3) is 3.90. The van der Waals surface area contributed by atoms with Crippen LogP contribution in [0.1, 0.15) is 18.4 Å². The lowest BCUT2D eigenvalue weighted by Gasteiger charge is -2.43. The van der Waals surface area contributed by atoms with Gasteiger partial charge in [-0.25, -0.2) is 0 Å². The van der Waals surface area contributed by atoms with Gasteiger partial charge in [0, 0.05) is 37.9 Å². The molecule has 3 atom stereocenters. The molecule has 3 nitrogen and oxygen atoms in total. The highest BCUT2D eigenvalue weighted by Gasteiger charge is 2.41. The van der Waals surface area contributed by atoms with Gasteiger partial charge in [-0.2, -0.15) is 0 Å². The zero-order chi connectivity index (χ0) is 13.7. The molecule has 0 N–H and O–H groups in total. The van der Waals surface area contributed by atoms with Crippen LogP contribution < -0.4 is 0 Å². The summed E-state index contributed by atoms with van der Waals surface area (Å²) in [6, 6.07) is 10.5. The van der Waals surface area contributed by atoms with Gasteiger partial charge >= 0.3 is 0 Å². The number of rotatable bonds is 5. The maximum Gasteiger partial charge on any atom is 0.160 e. The van der Waals surface area contributed by atoms with Gasteiger partial charge in [-0.1, -0.05) is 52.9 Å². The second-order valence-corrected chi connectivity index (χ2v) is 5.92. The van der Waals surface area contributed by atoms with Crippen molar-refractivity contribution in [2.45, 2.75) is 37.3 Å². The highest BCUT2D eigenvalue weighted by Crippen LogP contribution is 2.35. The van der Waals surface area contributed by atoms with Crippen molar-refractivity contribution in [2.75, 3.05) is 18.6 Å². The van der Waals surface area contributed by atoms with E-state index in [1.54, 1.807) is 14.2 Å². The Balaban J connectivity index is 2.15. The van der Waals surface area contributed by atoms with E-state index in [1.807, 2.05) is 6.07 Å². The summed E-state index contributed by atoms with van der Waals surface area (Å²) in [5.41, 5.74) is 1.11. The average molecular weight is 376 g/mol. The number of hydrogen-bond acceptors (Lipinski definition) is 3. The predicted octanol–water partition coefficient (Wildman–Crippen LogP) is 3.20. The molecular weight excluding hydrogens is 355 g/mol. The molecule has 0 aromatic heterocycles. The number of hydrogen-bond donors (Lipinski definition) is 0. The monoisotopic (exact) mass is 376 g/mol. The van der Waals surface area contributed by atoms with E-state index in [1.165, 1.54) is 5.56 Å². The van der Waals surface area contributed by atoms with Crippen LogP contribution in [0.4, 0.5) is 0 Å². The first-order chi connectivity index (χ1) is 9.21. The van der Waals surface area contributed by atoms with Crippen molar-refractivity contribution < 1.29 is 14.2 Å². The van der Waals surface area contributed by atoms with E-state index in [0.29, 0.717) is 0 Å². The number of methoxy groups -OCH3 is 2. The summed E-state index contributed by atoms with van der Waals surface area (Å²) >= 11 is 2.36. The van der Waals surface area contributed by atoms with Crippen LogP contribution in [0.5, 0.6) is 0 Å². The van der Waals surface area contributed by atoms with E-state index in [4.69, 9.17) is 14.2 Å². The van der Waals surface area contributed by atoms with Crippen LogP contribution >= 0.6 is 22.6 Å². The smallest absolute Gasteiger partial charge is 0.160 e. The molecule has 1 saturated heterocycles. The van der Waals surface area contributed by atoms with Gasteiger partial charge in [-0.3, -0.25) is 0 Å². The van der Waals surface area contributed by atoms with Gasteiger partial charge in [-0.05, 0) is 5.56 Å². The van der Waals surface area contributed by atoms with Crippen molar-refractivity contribution in [3.8, 4) is 0 Å². The topological polar surface area (TPSA) is 27.7 Å². The van der Waals surface area contributed by atoms with Crippen molar-refractivity contribution in [2.24, 2.45) is 0 Å². The first kappa shape index (κ1) is 15.2. The Labute approximate surface area is 128 Å². The van der Waals surface area contributed by atoms with Crippen molar-refractivity contribution in [3.63, 3.8) is 0 Å². The minimum atomic E-state index is -0.184. The van der Waals surface area contributed by atoms with Crippen LogP contribution in [0.15, 0.2) is 30.3 Å². The fourth-order valence-corrected chi connectivity index (χ4v) is 3.21. The van der Waals surface area contributed by atoms with E-state index < -0.39 is 0 Å². The van der Waals surface area contributed by atoms with Crippen LogP contribution in [0.3, 0.4) is 0 Å². The van der Waals surface area contributed by atoms with E-state index >= 15 is 0 Å². The SMILES string of the molecule is CO[C@@H]1C[C@](Cc2ccccc2)(OC)C[C@@H](CI)O1. The Bertz CT molecular complexity index is 370. The van der Waals surface area contributed by atoms with Crippen LogP contribution in [-0.4, -0.2) is 36.6 Å². The Morgan fingerprint density at radius 2 is 2.00 bits per heavy atom. The number of ether oxygens (including phenoxy) is 3. The minimum Gasteiger partial charge on any atom is -0.378 e. The van der Waals surface area contributed by atoms with Crippen molar-refractivity contribution in [1.29, 1.82) is 0 Å². The molecule has 0 aliphatic carbocycles. The molecule has 0 saturated carbocycles. The maximum atomic E-state index is 5.88. The molecule has 1 aromatic carbocycles. The van der Waals surface area contributed by atoms with Gasteiger partial charge in [0.1, 0.15) is 0 Å². The number of halogens is 1. The lowest BCUT2D eigenvalue weighted by atomic mass is 9.84. The van der Waals surface area contributed by atoms with Gasteiger partial charge in [0.25, 0.3) is 0 Å². The zero-order valence-electron chi connectivity index (χ0n) is 11.5. The van der Waals surface area contributed by atoms with Crippen molar-refractivity contribution >= 4 is 22.6 Å². The van der Waals surface area contributed by atoms with Crippen LogP contribution in [-0.2, 0) is 20.6 Å². The quantitative estimate of drug-likeness (QED) is 0.584. The molecule has 0 radical (unpaired) electrons. The van der Waals surface area contributed by atoms with Gasteiger partial charge in [0.2, 0.25) is 0 Å². The van der Waals surface area contributed by atoms with Gasteiger partial charge in [0.05, 0.1) is 11.7 Å². The van der Waals surface area contributed by atoms with Crippen LogP contribution in [0.2, 0.25) is 0 Å². The Hall–Kier alpha value is -0.170. The van der Waals surface area contributed by atoms with E-state index in [-0.39, 0.29) is 18.0 Å². The maximum absolute atomic E-state index is 5.88. The average Bonchev–Trinajstić information content (AvgIpc) is 2.47. The van der Waals surface area contributed by atoms with E-state index in [0.717, 1.165) is 23.7 Å². The van der Waals surface area contributed by atoms with Gasteiger partial charge in [0.15, 0.2) is 6.29 Å². The molecule has 106 valence electrons. The number of benzene rings is 1. The molecule has 0 bridgehead atoms. The van der Waals surface area contributed by atoms with Gasteiger partial charge < -0.3 is 14.2 Å². The first-order valence-corrected chi connectivity index (χ1v) is 8.07. The van der Waals surface area contributed by atoms with E-state index in [2.05, 4.69) is 46.9 Å². The van der Waals surface area contributed by atoms with Crippen LogP contribution in [0.25, 0.3) is 0 Å². The summed E-state index contributed by atoms with van der Waals surface area (Å²) in [6.07, 6.45) is 2.63. The predicted molar refractivity (Wildman–Crippen MR) is 83.7 cm³/mol. The lowest BCUT2D eigenvalue weighted by Crippen LogP contribution is -2.49. The Morgan fingerprint density at radius 1 is 1.26 bits per heavy atom. The fourth-order valence-electron chi connectivity index (χ4n) is 2.69. The third-order valence-electron chi connectivity index (χ3n) is 3.72. The molecule has 2 rings (SSSR count). The second kappa shape index (κ2) is 7.02. The highest BCUT2D eigenvalue weighted by atomic mass is 127.